The van der Waals surface area contributed by atoms with Crippen LogP contribution < -0.4 is 14.4 Å². The van der Waals surface area contributed by atoms with Crippen LogP contribution >= 0.6 is 0 Å². The number of sulfonamides is 1. The van der Waals surface area contributed by atoms with Crippen molar-refractivity contribution < 1.29 is 17.9 Å². The fourth-order valence-electron chi connectivity index (χ4n) is 2.81. The van der Waals surface area contributed by atoms with Gasteiger partial charge in [0.15, 0.2) is 0 Å². The van der Waals surface area contributed by atoms with E-state index in [2.05, 4.69) is 4.72 Å². The summed E-state index contributed by atoms with van der Waals surface area (Å²) < 4.78 is 33.0. The van der Waals surface area contributed by atoms with Gasteiger partial charge in [0.1, 0.15) is 5.75 Å². The van der Waals surface area contributed by atoms with Crippen molar-refractivity contribution in [3.63, 3.8) is 0 Å². The van der Waals surface area contributed by atoms with Gasteiger partial charge in [0.2, 0.25) is 5.91 Å². The highest BCUT2D eigenvalue weighted by atomic mass is 32.2. The summed E-state index contributed by atoms with van der Waals surface area (Å²) in [5.41, 5.74) is 1.87. The first kappa shape index (κ1) is 16.3. The fraction of sp³-hybridized carbons (Fsp3) is 0.235. The first-order chi connectivity index (χ1) is 11.5. The summed E-state index contributed by atoms with van der Waals surface area (Å²) in [7, 11) is -2.29. The Bertz CT molecular complexity index is 893. The number of para-hydroxylation sites is 2. The van der Waals surface area contributed by atoms with E-state index in [0.29, 0.717) is 18.0 Å². The lowest BCUT2D eigenvalue weighted by atomic mass is 10.2. The minimum atomic E-state index is -3.77. The molecule has 0 saturated carbocycles. The summed E-state index contributed by atoms with van der Waals surface area (Å²) in [6, 6.07) is 11.5. The Hall–Kier alpha value is -2.54. The number of likely N-dealkylation sites (N-methyl/N-ethyl adjacent to an activating group) is 1. The monoisotopic (exact) mass is 346 g/mol. The number of hydrogen-bond donors (Lipinski definition) is 1. The van der Waals surface area contributed by atoms with E-state index >= 15 is 0 Å². The zero-order chi connectivity index (χ0) is 17.3. The molecule has 7 heteroatoms. The maximum absolute atomic E-state index is 12.6. The van der Waals surface area contributed by atoms with Crippen LogP contribution in [0.4, 0.5) is 11.4 Å². The Morgan fingerprint density at radius 2 is 1.96 bits per heavy atom. The smallest absolute Gasteiger partial charge is 0.262 e. The number of carbonyl (C=O) groups excluding carboxylic acids is 1. The van der Waals surface area contributed by atoms with Crippen molar-refractivity contribution >= 4 is 27.3 Å². The Labute approximate surface area is 141 Å². The molecule has 1 amide bonds. The molecule has 126 valence electrons. The van der Waals surface area contributed by atoms with Crippen molar-refractivity contribution in [1.29, 1.82) is 0 Å². The third kappa shape index (κ3) is 2.82. The van der Waals surface area contributed by atoms with Crippen LogP contribution in [0.25, 0.3) is 0 Å². The molecule has 0 bridgehead atoms. The molecule has 0 atom stereocenters. The summed E-state index contributed by atoms with van der Waals surface area (Å²) in [4.78, 5) is 13.7. The van der Waals surface area contributed by atoms with Crippen LogP contribution in [0.3, 0.4) is 0 Å². The normalized spacial score (nSPS) is 13.8. The first-order valence-electron chi connectivity index (χ1n) is 7.55. The molecular formula is C17H18N2O4S. The first-order valence-corrected chi connectivity index (χ1v) is 9.03. The number of nitrogens with zero attached hydrogens (tertiary/aromatic N) is 1. The van der Waals surface area contributed by atoms with Crippen molar-refractivity contribution in [3.8, 4) is 5.75 Å². The number of nitrogens with one attached hydrogen (secondary N) is 1. The molecule has 0 unspecified atom stereocenters. The minimum Gasteiger partial charge on any atom is -0.495 e. The van der Waals surface area contributed by atoms with Crippen LogP contribution in [0.5, 0.6) is 5.75 Å². The molecule has 1 aliphatic rings. The Balaban J connectivity index is 1.94. The summed E-state index contributed by atoms with van der Waals surface area (Å²) in [6.07, 6.45) is 0.223. The molecule has 1 heterocycles. The van der Waals surface area contributed by atoms with E-state index in [0.717, 1.165) is 11.3 Å². The number of ether oxygens (including phenoxy) is 1. The highest BCUT2D eigenvalue weighted by Gasteiger charge is 2.28. The van der Waals surface area contributed by atoms with E-state index in [1.807, 2.05) is 6.92 Å². The Kier molecular flexibility index (Phi) is 4.19. The Morgan fingerprint density at radius 3 is 2.67 bits per heavy atom. The molecule has 2 aromatic rings. The van der Waals surface area contributed by atoms with Crippen molar-refractivity contribution in [2.45, 2.75) is 18.2 Å². The number of rotatable bonds is 5. The van der Waals surface area contributed by atoms with E-state index in [9.17, 15) is 13.2 Å². The molecule has 0 spiro atoms. The van der Waals surface area contributed by atoms with E-state index in [-0.39, 0.29) is 17.2 Å². The van der Waals surface area contributed by atoms with Crippen LogP contribution in [-0.2, 0) is 21.2 Å². The second kappa shape index (κ2) is 6.16. The molecule has 2 aromatic carbocycles. The number of anilines is 2. The largest absolute Gasteiger partial charge is 0.495 e. The van der Waals surface area contributed by atoms with Crippen LogP contribution in [0.2, 0.25) is 0 Å². The molecule has 0 radical (unpaired) electrons. The summed E-state index contributed by atoms with van der Waals surface area (Å²) >= 11 is 0. The summed E-state index contributed by atoms with van der Waals surface area (Å²) in [5, 5.41) is 0. The molecule has 3 rings (SSSR count). The third-order valence-electron chi connectivity index (χ3n) is 3.96. The zero-order valence-electron chi connectivity index (χ0n) is 13.4. The second-order valence-electron chi connectivity index (χ2n) is 5.41. The fourth-order valence-corrected chi connectivity index (χ4v) is 3.93. The molecule has 0 aromatic heterocycles. The predicted octanol–water partition coefficient (Wildman–Crippen LogP) is 2.41. The lowest BCUT2D eigenvalue weighted by Gasteiger charge is -2.15. The SMILES string of the molecule is CCN1C(=O)Cc2cc(S(=O)(=O)Nc3ccccc3OC)ccc21. The standard InChI is InChI=1S/C17H18N2O4S/c1-3-19-15-9-8-13(10-12(15)11-17(19)20)24(21,22)18-14-6-4-5-7-16(14)23-2/h4-10,18H,3,11H2,1-2H3. The average Bonchev–Trinajstić information content (AvgIpc) is 2.89. The highest BCUT2D eigenvalue weighted by molar-refractivity contribution is 7.92. The molecule has 1 N–H and O–H groups in total. The van der Waals surface area contributed by atoms with E-state index in [1.165, 1.54) is 13.2 Å². The summed E-state index contributed by atoms with van der Waals surface area (Å²) in [5.74, 6) is 0.425. The van der Waals surface area contributed by atoms with Gasteiger partial charge in [-0.2, -0.15) is 0 Å². The van der Waals surface area contributed by atoms with Gasteiger partial charge in [-0.05, 0) is 42.8 Å². The molecule has 6 nitrogen and oxygen atoms in total. The number of carbonyl (C=O) groups is 1. The molecular weight excluding hydrogens is 328 g/mol. The molecule has 1 aliphatic heterocycles. The van der Waals surface area contributed by atoms with Gasteiger partial charge in [0, 0.05) is 12.2 Å². The van der Waals surface area contributed by atoms with Crippen molar-refractivity contribution in [1.82, 2.24) is 0 Å². The number of amides is 1. The second-order valence-corrected chi connectivity index (χ2v) is 7.09. The van der Waals surface area contributed by atoms with Gasteiger partial charge in [-0.1, -0.05) is 12.1 Å². The minimum absolute atomic E-state index is 0.0141. The van der Waals surface area contributed by atoms with E-state index in [1.54, 1.807) is 41.3 Å². The van der Waals surface area contributed by atoms with Crippen LogP contribution in [0, 0.1) is 0 Å². The number of hydrogen-bond acceptors (Lipinski definition) is 4. The molecule has 0 saturated heterocycles. The van der Waals surface area contributed by atoms with E-state index in [4.69, 9.17) is 4.74 Å². The van der Waals surface area contributed by atoms with Crippen LogP contribution in [0.1, 0.15) is 12.5 Å². The van der Waals surface area contributed by atoms with Gasteiger partial charge in [-0.15, -0.1) is 0 Å². The summed E-state index contributed by atoms with van der Waals surface area (Å²) in [6.45, 7) is 2.46. The van der Waals surface area contributed by atoms with Gasteiger partial charge in [0.05, 0.1) is 24.1 Å². The topological polar surface area (TPSA) is 75.7 Å². The number of fused-ring (bicyclic) bond motifs is 1. The third-order valence-corrected chi connectivity index (χ3v) is 5.33. The zero-order valence-corrected chi connectivity index (χ0v) is 14.3. The van der Waals surface area contributed by atoms with Gasteiger partial charge in [0.25, 0.3) is 10.0 Å². The maximum Gasteiger partial charge on any atom is 0.262 e. The van der Waals surface area contributed by atoms with Gasteiger partial charge < -0.3 is 9.64 Å². The molecule has 0 fully saturated rings. The molecule has 0 aliphatic carbocycles. The lowest BCUT2D eigenvalue weighted by Crippen LogP contribution is -2.25. The number of methoxy groups -OCH3 is 1. The van der Waals surface area contributed by atoms with E-state index < -0.39 is 10.0 Å². The predicted molar refractivity (Wildman–Crippen MR) is 92.0 cm³/mol. The van der Waals surface area contributed by atoms with Crippen molar-refractivity contribution in [3.05, 3.63) is 48.0 Å². The number of benzene rings is 2. The van der Waals surface area contributed by atoms with Crippen molar-refractivity contribution in [2.24, 2.45) is 0 Å². The lowest BCUT2D eigenvalue weighted by molar-refractivity contribution is -0.117. The highest BCUT2D eigenvalue weighted by Crippen LogP contribution is 2.32. The van der Waals surface area contributed by atoms with Gasteiger partial charge in [-0.3, -0.25) is 9.52 Å². The Morgan fingerprint density at radius 1 is 1.21 bits per heavy atom. The van der Waals surface area contributed by atoms with Gasteiger partial charge >= 0.3 is 0 Å². The van der Waals surface area contributed by atoms with Crippen LogP contribution in [0.15, 0.2) is 47.4 Å². The van der Waals surface area contributed by atoms with Crippen molar-refractivity contribution in [2.75, 3.05) is 23.3 Å². The molecule has 24 heavy (non-hydrogen) atoms. The van der Waals surface area contributed by atoms with Gasteiger partial charge in [-0.25, -0.2) is 8.42 Å². The average molecular weight is 346 g/mol. The van der Waals surface area contributed by atoms with Crippen LogP contribution in [-0.4, -0.2) is 28.0 Å². The quantitative estimate of drug-likeness (QED) is 0.902. The maximum atomic E-state index is 12.6.